The fourth-order valence-electron chi connectivity index (χ4n) is 3.46. The summed E-state index contributed by atoms with van der Waals surface area (Å²) in [7, 11) is 2.93. The molecule has 2 atom stereocenters. The molecule has 154 valence electrons. The molecule has 0 spiro atoms. The number of hydrogen-bond donors (Lipinski definition) is 2. The van der Waals surface area contributed by atoms with Gasteiger partial charge in [-0.25, -0.2) is 9.37 Å². The Balaban J connectivity index is 2.24. The molecule has 1 aliphatic heterocycles. The lowest BCUT2D eigenvalue weighted by Gasteiger charge is -2.27. The van der Waals surface area contributed by atoms with Gasteiger partial charge in [-0.15, -0.1) is 0 Å². The maximum atomic E-state index is 14.6. The highest BCUT2D eigenvalue weighted by Crippen LogP contribution is 2.33. The van der Waals surface area contributed by atoms with Crippen LogP contribution in [0.3, 0.4) is 0 Å². The SMILES string of the molecule is CN=C(C#N)C1C(=N)CN(C)C(=O)c2c(F)cccc2C(C)Oc2cc1cnc2N. The van der Waals surface area contributed by atoms with Gasteiger partial charge in [0.25, 0.3) is 5.91 Å². The highest BCUT2D eigenvalue weighted by atomic mass is 19.1. The largest absolute Gasteiger partial charge is 0.482 e. The number of aliphatic imine (C=N–C) groups is 1. The Bertz CT molecular complexity index is 1090. The Labute approximate surface area is 173 Å². The van der Waals surface area contributed by atoms with Gasteiger partial charge in [0.15, 0.2) is 11.6 Å². The number of nitrogens with two attached hydrogens (primary N) is 1. The van der Waals surface area contributed by atoms with Gasteiger partial charge in [-0.2, -0.15) is 5.26 Å². The fraction of sp³-hybridized carbons (Fsp3) is 0.286. The van der Waals surface area contributed by atoms with E-state index in [1.54, 1.807) is 19.1 Å². The van der Waals surface area contributed by atoms with Crippen LogP contribution in [0.4, 0.5) is 10.2 Å². The van der Waals surface area contributed by atoms with Crippen LogP contribution in [0.25, 0.3) is 0 Å². The number of pyridine rings is 1. The van der Waals surface area contributed by atoms with E-state index < -0.39 is 23.7 Å². The standard InChI is InChI=1S/C21H21FN6O2/c1-11-13-5-4-6-14(22)19(13)21(29)28(3)10-15(24)18(16(8-23)26-2)12-7-17(30-11)20(25)27-9-12/h4-7,9,11,18,24H,10H2,1-3H3,(H2,25,27). The number of aromatic nitrogens is 1. The molecule has 2 bridgehead atoms. The van der Waals surface area contributed by atoms with Gasteiger partial charge in [0, 0.05) is 31.6 Å². The smallest absolute Gasteiger partial charge is 0.257 e. The van der Waals surface area contributed by atoms with Gasteiger partial charge in [0.05, 0.1) is 18.0 Å². The number of fused-ring (bicyclic) bond motifs is 3. The molecule has 3 rings (SSSR count). The Morgan fingerprint density at radius 3 is 2.90 bits per heavy atom. The third kappa shape index (κ3) is 3.72. The van der Waals surface area contributed by atoms with Gasteiger partial charge >= 0.3 is 0 Å². The predicted octanol–water partition coefficient (Wildman–Crippen LogP) is 2.73. The van der Waals surface area contributed by atoms with Crippen LogP contribution >= 0.6 is 0 Å². The van der Waals surface area contributed by atoms with Crippen molar-refractivity contribution in [1.29, 1.82) is 10.7 Å². The molecule has 8 nitrogen and oxygen atoms in total. The fourth-order valence-corrected chi connectivity index (χ4v) is 3.46. The third-order valence-electron chi connectivity index (χ3n) is 4.97. The first-order valence-electron chi connectivity index (χ1n) is 9.18. The van der Waals surface area contributed by atoms with E-state index in [4.69, 9.17) is 15.9 Å². The molecule has 3 N–H and O–H groups in total. The Morgan fingerprint density at radius 2 is 2.23 bits per heavy atom. The quantitative estimate of drug-likeness (QED) is 0.701. The summed E-state index contributed by atoms with van der Waals surface area (Å²) >= 11 is 0. The molecule has 0 saturated heterocycles. The van der Waals surface area contributed by atoms with E-state index in [-0.39, 0.29) is 35.1 Å². The Morgan fingerprint density at radius 1 is 1.50 bits per heavy atom. The third-order valence-corrected chi connectivity index (χ3v) is 4.97. The molecule has 0 saturated carbocycles. The lowest BCUT2D eigenvalue weighted by atomic mass is 9.90. The lowest BCUT2D eigenvalue weighted by molar-refractivity contribution is 0.0804. The summed E-state index contributed by atoms with van der Waals surface area (Å²) in [5, 5.41) is 18.1. The van der Waals surface area contributed by atoms with Crippen molar-refractivity contribution in [3.8, 4) is 11.8 Å². The van der Waals surface area contributed by atoms with Crippen LogP contribution in [-0.4, -0.2) is 47.9 Å². The zero-order chi connectivity index (χ0) is 22.0. The molecule has 1 aliphatic rings. The van der Waals surface area contributed by atoms with E-state index in [0.29, 0.717) is 11.1 Å². The van der Waals surface area contributed by atoms with Crippen LogP contribution in [0, 0.1) is 22.6 Å². The maximum absolute atomic E-state index is 14.6. The molecule has 30 heavy (non-hydrogen) atoms. The second-order valence-corrected chi connectivity index (χ2v) is 6.96. The minimum atomic E-state index is -0.847. The number of nitriles is 1. The lowest BCUT2D eigenvalue weighted by Crippen LogP contribution is -2.37. The molecule has 0 aliphatic carbocycles. The van der Waals surface area contributed by atoms with Gasteiger partial charge in [-0.05, 0) is 24.6 Å². The van der Waals surface area contributed by atoms with Crippen LogP contribution in [0.5, 0.6) is 5.75 Å². The normalized spacial score (nSPS) is 19.8. The molecule has 1 aromatic heterocycles. The predicted molar refractivity (Wildman–Crippen MR) is 110 cm³/mol. The number of amides is 1. The molecule has 1 aromatic carbocycles. The topological polar surface area (TPSA) is 128 Å². The van der Waals surface area contributed by atoms with Gasteiger partial charge in [-0.1, -0.05) is 12.1 Å². The number of carbonyl (C=O) groups is 1. The molecule has 2 aromatic rings. The second kappa shape index (κ2) is 8.29. The number of nitrogen functional groups attached to an aromatic ring is 1. The Hall–Kier alpha value is -3.80. The van der Waals surface area contributed by atoms with Crippen LogP contribution < -0.4 is 10.5 Å². The molecular formula is C21H21FN6O2. The minimum Gasteiger partial charge on any atom is -0.482 e. The first-order chi connectivity index (χ1) is 14.3. The van der Waals surface area contributed by atoms with Crippen molar-refractivity contribution in [3.05, 3.63) is 53.0 Å². The van der Waals surface area contributed by atoms with Crippen LogP contribution in [-0.2, 0) is 0 Å². The average Bonchev–Trinajstić information content (AvgIpc) is 2.72. The van der Waals surface area contributed by atoms with Crippen molar-refractivity contribution in [2.75, 3.05) is 26.4 Å². The molecule has 0 radical (unpaired) electrons. The maximum Gasteiger partial charge on any atom is 0.257 e. The zero-order valence-electron chi connectivity index (χ0n) is 16.8. The summed E-state index contributed by atoms with van der Waals surface area (Å²) in [5.41, 5.74) is 6.77. The van der Waals surface area contributed by atoms with E-state index in [2.05, 4.69) is 9.98 Å². The summed E-state index contributed by atoms with van der Waals surface area (Å²) in [6.45, 7) is 1.55. The molecule has 2 unspecified atom stereocenters. The summed E-state index contributed by atoms with van der Waals surface area (Å²) in [6.07, 6.45) is 0.746. The van der Waals surface area contributed by atoms with Gasteiger partial charge in [0.2, 0.25) is 0 Å². The summed E-state index contributed by atoms with van der Waals surface area (Å²) in [5.74, 6) is -1.82. The summed E-state index contributed by atoms with van der Waals surface area (Å²) < 4.78 is 20.6. The van der Waals surface area contributed by atoms with Crippen molar-refractivity contribution in [1.82, 2.24) is 9.88 Å². The monoisotopic (exact) mass is 408 g/mol. The molecule has 0 fully saturated rings. The van der Waals surface area contributed by atoms with Gasteiger partial charge < -0.3 is 20.8 Å². The second-order valence-electron chi connectivity index (χ2n) is 6.96. The molecular weight excluding hydrogens is 387 g/mol. The highest BCUT2D eigenvalue weighted by molar-refractivity contribution is 6.18. The van der Waals surface area contributed by atoms with E-state index in [9.17, 15) is 14.4 Å². The van der Waals surface area contributed by atoms with Gasteiger partial charge in [-0.3, -0.25) is 9.79 Å². The molecule has 2 heterocycles. The number of ether oxygens (including phenoxy) is 1. The van der Waals surface area contributed by atoms with E-state index in [0.717, 1.165) is 0 Å². The number of benzene rings is 1. The zero-order valence-corrected chi connectivity index (χ0v) is 16.8. The molecule has 9 heteroatoms. The van der Waals surface area contributed by atoms with E-state index in [1.807, 2.05) is 6.07 Å². The highest BCUT2D eigenvalue weighted by Gasteiger charge is 2.30. The number of carbonyl (C=O) groups excluding carboxylic acids is 1. The van der Waals surface area contributed by atoms with Crippen LogP contribution in [0.1, 0.15) is 40.4 Å². The van der Waals surface area contributed by atoms with E-state index >= 15 is 0 Å². The van der Waals surface area contributed by atoms with Crippen molar-refractivity contribution >= 4 is 23.1 Å². The summed E-state index contributed by atoms with van der Waals surface area (Å²) in [4.78, 5) is 22.4. The van der Waals surface area contributed by atoms with Gasteiger partial charge in [0.1, 0.15) is 23.7 Å². The van der Waals surface area contributed by atoms with Crippen molar-refractivity contribution in [3.63, 3.8) is 0 Å². The van der Waals surface area contributed by atoms with Crippen molar-refractivity contribution in [2.24, 2.45) is 4.99 Å². The van der Waals surface area contributed by atoms with Crippen molar-refractivity contribution in [2.45, 2.75) is 18.9 Å². The number of nitrogens with one attached hydrogen (secondary N) is 1. The van der Waals surface area contributed by atoms with Crippen molar-refractivity contribution < 1.29 is 13.9 Å². The Kier molecular flexibility index (Phi) is 5.78. The summed E-state index contributed by atoms with van der Waals surface area (Å²) in [6, 6.07) is 7.90. The number of anilines is 1. The average molecular weight is 408 g/mol. The minimum absolute atomic E-state index is 0.0250. The number of rotatable bonds is 1. The number of nitrogens with zero attached hydrogens (tertiary/aromatic N) is 4. The number of halogens is 1. The van der Waals surface area contributed by atoms with Crippen LogP contribution in [0.2, 0.25) is 0 Å². The molecule has 1 amide bonds. The number of hydrogen-bond acceptors (Lipinski definition) is 7. The first kappa shape index (κ1) is 20.9. The van der Waals surface area contributed by atoms with Crippen LogP contribution in [0.15, 0.2) is 35.5 Å². The first-order valence-corrected chi connectivity index (χ1v) is 9.18. The van der Waals surface area contributed by atoms with E-state index in [1.165, 1.54) is 37.3 Å².